The van der Waals surface area contributed by atoms with Crippen LogP contribution in [-0.2, 0) is 11.3 Å². The lowest BCUT2D eigenvalue weighted by Gasteiger charge is -2.12. The van der Waals surface area contributed by atoms with E-state index in [0.717, 1.165) is 55.1 Å². The summed E-state index contributed by atoms with van der Waals surface area (Å²) in [7, 11) is 3.40. The molecule has 0 aliphatic heterocycles. The van der Waals surface area contributed by atoms with Crippen molar-refractivity contribution in [1.82, 2.24) is 15.6 Å². The number of rotatable bonds is 11. The molecule has 2 aromatic rings. The Bertz CT molecular complexity index is 765. The fourth-order valence-electron chi connectivity index (χ4n) is 2.66. The van der Waals surface area contributed by atoms with E-state index in [1.165, 1.54) is 12.8 Å². The molecule has 1 aliphatic rings. The maximum Gasteiger partial charge on any atom is 0.219 e. The van der Waals surface area contributed by atoms with Crippen molar-refractivity contribution in [2.24, 2.45) is 10.9 Å². The van der Waals surface area contributed by atoms with Crippen molar-refractivity contribution in [2.45, 2.75) is 25.8 Å². The van der Waals surface area contributed by atoms with Gasteiger partial charge in [-0.05, 0) is 55.0 Å². The zero-order valence-electron chi connectivity index (χ0n) is 17.6. The van der Waals surface area contributed by atoms with Crippen LogP contribution in [0.25, 0.3) is 0 Å². The Morgan fingerprint density at radius 3 is 2.50 bits per heavy atom. The van der Waals surface area contributed by atoms with Crippen LogP contribution in [0.5, 0.6) is 17.4 Å². The maximum absolute atomic E-state index is 5.75. The first-order valence-electron chi connectivity index (χ1n) is 10.1. The first kappa shape index (κ1) is 24.2. The standard InChI is InChI=1S/C22H30N4O3.HI/c1-23-22(24-12-3-13-28-16-17-4-5-17)26-15-18-6-11-21(25-14-18)29-20-9-7-19(27-2)8-10-20;/h6-11,14,17H,3-5,12-13,15-16H2,1-2H3,(H2,23,24,26);1H. The van der Waals surface area contributed by atoms with Crippen LogP contribution in [0.4, 0.5) is 0 Å². The molecular formula is C22H31IN4O3. The summed E-state index contributed by atoms with van der Waals surface area (Å²) in [5.41, 5.74) is 1.04. The Morgan fingerprint density at radius 2 is 1.87 bits per heavy atom. The predicted octanol–water partition coefficient (Wildman–Crippen LogP) is 3.98. The highest BCUT2D eigenvalue weighted by atomic mass is 127. The van der Waals surface area contributed by atoms with Crippen molar-refractivity contribution in [2.75, 3.05) is 33.9 Å². The monoisotopic (exact) mass is 526 g/mol. The Balaban J connectivity index is 0.00000320. The number of methoxy groups -OCH3 is 1. The highest BCUT2D eigenvalue weighted by Crippen LogP contribution is 2.28. The van der Waals surface area contributed by atoms with Crippen LogP contribution in [0.3, 0.4) is 0 Å². The molecule has 0 spiro atoms. The van der Waals surface area contributed by atoms with Gasteiger partial charge < -0.3 is 24.8 Å². The van der Waals surface area contributed by atoms with Gasteiger partial charge in [0.05, 0.1) is 7.11 Å². The molecule has 1 saturated carbocycles. The number of nitrogens with zero attached hydrogens (tertiary/aromatic N) is 2. The molecule has 2 N–H and O–H groups in total. The Morgan fingerprint density at radius 1 is 1.10 bits per heavy atom. The number of guanidine groups is 1. The van der Waals surface area contributed by atoms with Crippen molar-refractivity contribution >= 4 is 29.9 Å². The average molecular weight is 526 g/mol. The Kier molecular flexibility index (Phi) is 10.7. The van der Waals surface area contributed by atoms with E-state index in [9.17, 15) is 0 Å². The van der Waals surface area contributed by atoms with Crippen LogP contribution in [0, 0.1) is 5.92 Å². The van der Waals surface area contributed by atoms with Gasteiger partial charge in [0.25, 0.3) is 0 Å². The van der Waals surface area contributed by atoms with Crippen LogP contribution < -0.4 is 20.1 Å². The maximum atomic E-state index is 5.75. The molecule has 1 aliphatic carbocycles. The van der Waals surface area contributed by atoms with E-state index in [2.05, 4.69) is 20.6 Å². The number of benzene rings is 1. The Labute approximate surface area is 195 Å². The lowest BCUT2D eigenvalue weighted by Crippen LogP contribution is -2.37. The number of hydrogen-bond acceptors (Lipinski definition) is 5. The molecule has 1 heterocycles. The molecule has 164 valence electrons. The van der Waals surface area contributed by atoms with Gasteiger partial charge >= 0.3 is 0 Å². The zero-order chi connectivity index (χ0) is 20.3. The summed E-state index contributed by atoms with van der Waals surface area (Å²) in [4.78, 5) is 8.61. The number of pyridine rings is 1. The van der Waals surface area contributed by atoms with E-state index in [4.69, 9.17) is 14.2 Å². The quantitative estimate of drug-likeness (QED) is 0.200. The molecule has 1 fully saturated rings. The lowest BCUT2D eigenvalue weighted by atomic mass is 10.3. The average Bonchev–Trinajstić information content (AvgIpc) is 3.59. The summed E-state index contributed by atoms with van der Waals surface area (Å²) >= 11 is 0. The minimum Gasteiger partial charge on any atom is -0.497 e. The third-order valence-electron chi connectivity index (χ3n) is 4.57. The molecule has 1 aromatic heterocycles. The highest BCUT2D eigenvalue weighted by molar-refractivity contribution is 14.0. The van der Waals surface area contributed by atoms with Gasteiger partial charge in [-0.2, -0.15) is 0 Å². The summed E-state index contributed by atoms with van der Waals surface area (Å²) < 4.78 is 16.5. The second-order valence-corrected chi connectivity index (χ2v) is 7.01. The SMILES string of the molecule is CN=C(NCCCOCC1CC1)NCc1ccc(Oc2ccc(OC)cc2)nc1.I. The summed E-state index contributed by atoms with van der Waals surface area (Å²) in [5, 5.41) is 6.59. The first-order chi connectivity index (χ1) is 14.3. The number of aromatic nitrogens is 1. The van der Waals surface area contributed by atoms with E-state index in [1.54, 1.807) is 20.4 Å². The molecule has 0 atom stereocenters. The van der Waals surface area contributed by atoms with Gasteiger partial charge in [-0.25, -0.2) is 4.98 Å². The van der Waals surface area contributed by atoms with Gasteiger partial charge in [0.2, 0.25) is 5.88 Å². The van der Waals surface area contributed by atoms with Crippen LogP contribution >= 0.6 is 24.0 Å². The van der Waals surface area contributed by atoms with Crippen molar-refractivity contribution in [1.29, 1.82) is 0 Å². The minimum atomic E-state index is 0. The van der Waals surface area contributed by atoms with Crippen LogP contribution in [-0.4, -0.2) is 44.9 Å². The van der Waals surface area contributed by atoms with Crippen molar-refractivity contribution < 1.29 is 14.2 Å². The molecule has 30 heavy (non-hydrogen) atoms. The second kappa shape index (κ2) is 13.3. The number of hydrogen-bond donors (Lipinski definition) is 2. The largest absolute Gasteiger partial charge is 0.497 e. The number of halogens is 1. The molecular weight excluding hydrogens is 495 g/mol. The lowest BCUT2D eigenvalue weighted by molar-refractivity contribution is 0.123. The third-order valence-corrected chi connectivity index (χ3v) is 4.57. The zero-order valence-corrected chi connectivity index (χ0v) is 19.9. The van der Waals surface area contributed by atoms with Gasteiger partial charge in [-0.15, -0.1) is 24.0 Å². The van der Waals surface area contributed by atoms with Crippen LogP contribution in [0.2, 0.25) is 0 Å². The third kappa shape index (κ3) is 8.74. The van der Waals surface area contributed by atoms with Gasteiger partial charge in [-0.3, -0.25) is 4.99 Å². The number of aliphatic imine (C=N–C) groups is 1. The van der Waals surface area contributed by atoms with Gasteiger partial charge in [-0.1, -0.05) is 6.07 Å². The van der Waals surface area contributed by atoms with Crippen molar-refractivity contribution in [3.05, 3.63) is 48.2 Å². The summed E-state index contributed by atoms with van der Waals surface area (Å²) in [6.07, 6.45) is 5.42. The smallest absolute Gasteiger partial charge is 0.219 e. The van der Waals surface area contributed by atoms with Gasteiger partial charge in [0.1, 0.15) is 11.5 Å². The molecule has 7 nitrogen and oxygen atoms in total. The summed E-state index contributed by atoms with van der Waals surface area (Å²) in [6.45, 7) is 3.17. The number of nitrogens with one attached hydrogen (secondary N) is 2. The normalized spacial score (nSPS) is 13.3. The molecule has 0 amide bonds. The molecule has 3 rings (SSSR count). The molecule has 0 unspecified atom stereocenters. The van der Waals surface area contributed by atoms with Gasteiger partial charge in [0, 0.05) is 45.6 Å². The fraction of sp³-hybridized carbons (Fsp3) is 0.455. The van der Waals surface area contributed by atoms with E-state index >= 15 is 0 Å². The topological polar surface area (TPSA) is 77.0 Å². The molecule has 0 radical (unpaired) electrons. The molecule has 0 bridgehead atoms. The van der Waals surface area contributed by atoms with E-state index < -0.39 is 0 Å². The van der Waals surface area contributed by atoms with E-state index in [1.807, 2.05) is 36.4 Å². The first-order valence-corrected chi connectivity index (χ1v) is 10.1. The van der Waals surface area contributed by atoms with Crippen LogP contribution in [0.15, 0.2) is 47.6 Å². The van der Waals surface area contributed by atoms with Gasteiger partial charge in [0.15, 0.2) is 5.96 Å². The second-order valence-electron chi connectivity index (χ2n) is 7.01. The highest BCUT2D eigenvalue weighted by Gasteiger charge is 2.20. The molecule has 1 aromatic carbocycles. The van der Waals surface area contributed by atoms with E-state index in [-0.39, 0.29) is 24.0 Å². The molecule has 0 saturated heterocycles. The Hall–Kier alpha value is -2.07. The molecule has 8 heteroatoms. The van der Waals surface area contributed by atoms with Crippen molar-refractivity contribution in [3.63, 3.8) is 0 Å². The summed E-state index contributed by atoms with van der Waals surface area (Å²) in [5.74, 6) is 3.65. The fourth-order valence-corrected chi connectivity index (χ4v) is 2.66. The van der Waals surface area contributed by atoms with Crippen molar-refractivity contribution in [3.8, 4) is 17.4 Å². The number of ether oxygens (including phenoxy) is 3. The summed E-state index contributed by atoms with van der Waals surface area (Å²) in [6, 6.07) is 11.2. The van der Waals surface area contributed by atoms with Crippen LogP contribution in [0.1, 0.15) is 24.8 Å². The minimum absolute atomic E-state index is 0. The predicted molar refractivity (Wildman–Crippen MR) is 129 cm³/mol. The van der Waals surface area contributed by atoms with E-state index in [0.29, 0.717) is 12.4 Å².